The van der Waals surface area contributed by atoms with Crippen molar-refractivity contribution in [1.82, 2.24) is 9.80 Å². The molecule has 4 aliphatic rings. The van der Waals surface area contributed by atoms with Crippen molar-refractivity contribution >= 4 is 35.2 Å². The number of likely N-dealkylation sites (tertiary alicyclic amines) is 1. The number of methoxy groups -OCH3 is 1. The summed E-state index contributed by atoms with van der Waals surface area (Å²) >= 11 is 1.57. The first-order valence-electron chi connectivity index (χ1n) is 15.0. The quantitative estimate of drug-likeness (QED) is 0.465. The fraction of sp³-hybridized carbons (Fsp3) is 0.441. The molecule has 0 aliphatic carbocycles. The van der Waals surface area contributed by atoms with Crippen molar-refractivity contribution in [3.05, 3.63) is 84.5 Å². The second-order valence-electron chi connectivity index (χ2n) is 12.0. The Morgan fingerprint density at radius 2 is 1.67 bits per heavy atom. The molecule has 0 bridgehead atoms. The van der Waals surface area contributed by atoms with E-state index in [1.165, 1.54) is 0 Å². The highest BCUT2D eigenvalue weighted by Crippen LogP contribution is 2.66. The van der Waals surface area contributed by atoms with Crippen molar-refractivity contribution in [2.75, 3.05) is 38.3 Å². The zero-order valence-corrected chi connectivity index (χ0v) is 25.7. The number of aliphatic hydroxyl groups excluding tert-OH is 1. The van der Waals surface area contributed by atoms with Crippen LogP contribution in [0.25, 0.3) is 0 Å². The number of hydrogen-bond donors (Lipinski definition) is 1. The first kappa shape index (κ1) is 29.5. The number of amides is 3. The first-order valence-corrected chi connectivity index (χ1v) is 15.9. The highest BCUT2D eigenvalue weighted by atomic mass is 32.2. The van der Waals surface area contributed by atoms with Crippen LogP contribution in [0.5, 0.6) is 5.75 Å². The number of benzene rings is 2. The van der Waals surface area contributed by atoms with Gasteiger partial charge in [-0.15, -0.1) is 11.8 Å². The molecule has 2 aromatic carbocycles. The standard InChI is InChI=1S/C34H39N3O5S/c1-4-18-35-19-8-16-33(2)27(30(35)39)28-31(40)37(25(22-38)21-23-10-6-5-7-11-23)29-32(41)36(20-9-17-34(28,29)43-33)24-12-14-26(42-3)15-13-24/h5-17,25,27-29,38H,4,18-22H2,1-3H3/t25-,27-,28+,29?,33+,34+/m1/s1. The van der Waals surface area contributed by atoms with Crippen LogP contribution < -0.4 is 9.64 Å². The fourth-order valence-electron chi connectivity index (χ4n) is 7.51. The molecule has 43 heavy (non-hydrogen) atoms. The molecule has 6 rings (SSSR count). The Morgan fingerprint density at radius 3 is 2.35 bits per heavy atom. The van der Waals surface area contributed by atoms with E-state index in [9.17, 15) is 19.5 Å². The van der Waals surface area contributed by atoms with Crippen molar-refractivity contribution in [2.24, 2.45) is 11.8 Å². The highest BCUT2D eigenvalue weighted by molar-refractivity contribution is 8.02. The lowest BCUT2D eigenvalue weighted by molar-refractivity contribution is -0.145. The molecule has 2 saturated heterocycles. The topological polar surface area (TPSA) is 90.4 Å². The molecular weight excluding hydrogens is 562 g/mol. The summed E-state index contributed by atoms with van der Waals surface area (Å²) in [6.07, 6.45) is 9.31. The minimum Gasteiger partial charge on any atom is -0.497 e. The predicted molar refractivity (Wildman–Crippen MR) is 168 cm³/mol. The number of rotatable bonds is 8. The van der Waals surface area contributed by atoms with E-state index in [2.05, 4.69) is 6.08 Å². The predicted octanol–water partition coefficient (Wildman–Crippen LogP) is 3.70. The molecule has 1 unspecified atom stereocenters. The summed E-state index contributed by atoms with van der Waals surface area (Å²) in [5.74, 6) is -1.20. The summed E-state index contributed by atoms with van der Waals surface area (Å²) in [5, 5.41) is 10.8. The number of thioether (sulfide) groups is 1. The molecule has 0 radical (unpaired) electrons. The van der Waals surface area contributed by atoms with Gasteiger partial charge in [0, 0.05) is 30.1 Å². The third kappa shape index (κ3) is 4.77. The van der Waals surface area contributed by atoms with E-state index < -0.39 is 33.4 Å². The average Bonchev–Trinajstić information content (AvgIpc) is 3.29. The molecule has 1 spiro atoms. The summed E-state index contributed by atoms with van der Waals surface area (Å²) in [7, 11) is 1.60. The average molecular weight is 602 g/mol. The number of aliphatic hydroxyl groups is 1. The molecule has 4 aliphatic heterocycles. The Morgan fingerprint density at radius 1 is 0.953 bits per heavy atom. The zero-order chi connectivity index (χ0) is 30.4. The lowest BCUT2D eigenvalue weighted by atomic mass is 9.74. The summed E-state index contributed by atoms with van der Waals surface area (Å²) < 4.78 is 3.69. The van der Waals surface area contributed by atoms with E-state index in [0.29, 0.717) is 37.5 Å². The SMILES string of the molecule is CCCN1CC=C[C@]2(C)S[C@]34C=CCN(c5ccc(OC)cc5)C(=O)C3N([C@@H](CO)Cc3ccccc3)C(=O)[C@@H]4[C@@H]2C1=O. The van der Waals surface area contributed by atoms with Gasteiger partial charge in [0.15, 0.2) is 0 Å². The lowest BCUT2D eigenvalue weighted by Gasteiger charge is -2.39. The van der Waals surface area contributed by atoms with Gasteiger partial charge in [0.05, 0.1) is 36.3 Å². The van der Waals surface area contributed by atoms with E-state index in [4.69, 9.17) is 4.74 Å². The molecular formula is C34H39N3O5S. The maximum absolute atomic E-state index is 14.8. The van der Waals surface area contributed by atoms with Gasteiger partial charge in [-0.1, -0.05) is 61.6 Å². The van der Waals surface area contributed by atoms with E-state index in [-0.39, 0.29) is 24.3 Å². The van der Waals surface area contributed by atoms with Crippen LogP contribution in [-0.2, 0) is 20.8 Å². The number of hydrogen-bond acceptors (Lipinski definition) is 6. The van der Waals surface area contributed by atoms with Crippen molar-refractivity contribution in [3.63, 3.8) is 0 Å². The number of ether oxygens (including phenoxy) is 1. The number of carbonyl (C=O) groups excluding carboxylic acids is 3. The zero-order valence-electron chi connectivity index (χ0n) is 24.9. The molecule has 1 N–H and O–H groups in total. The minimum atomic E-state index is -0.978. The smallest absolute Gasteiger partial charge is 0.251 e. The molecule has 2 fully saturated rings. The van der Waals surface area contributed by atoms with Gasteiger partial charge in [-0.3, -0.25) is 14.4 Å². The third-order valence-electron chi connectivity index (χ3n) is 9.37. The lowest BCUT2D eigenvalue weighted by Crippen LogP contribution is -2.57. The van der Waals surface area contributed by atoms with Gasteiger partial charge in [0.2, 0.25) is 11.8 Å². The van der Waals surface area contributed by atoms with Crippen molar-refractivity contribution < 1.29 is 24.2 Å². The Hall–Kier alpha value is -3.56. The molecule has 0 saturated carbocycles. The summed E-state index contributed by atoms with van der Waals surface area (Å²) in [5.41, 5.74) is 1.66. The molecule has 8 nitrogen and oxygen atoms in total. The van der Waals surface area contributed by atoms with Gasteiger partial charge < -0.3 is 24.5 Å². The van der Waals surface area contributed by atoms with Crippen LogP contribution >= 0.6 is 11.8 Å². The van der Waals surface area contributed by atoms with Gasteiger partial charge in [-0.25, -0.2) is 0 Å². The van der Waals surface area contributed by atoms with E-state index >= 15 is 0 Å². The molecule has 9 heteroatoms. The van der Waals surface area contributed by atoms with Gasteiger partial charge in [-0.2, -0.15) is 0 Å². The normalized spacial score (nSPS) is 30.6. The molecule has 226 valence electrons. The van der Waals surface area contributed by atoms with Crippen LogP contribution in [0.15, 0.2) is 78.9 Å². The maximum Gasteiger partial charge on any atom is 0.251 e. The first-order chi connectivity index (χ1) is 20.8. The Bertz CT molecular complexity index is 1450. The van der Waals surface area contributed by atoms with Gasteiger partial charge >= 0.3 is 0 Å². The second-order valence-corrected chi connectivity index (χ2v) is 13.8. The number of nitrogens with zero attached hydrogens (tertiary/aromatic N) is 3. The van der Waals surface area contributed by atoms with Crippen LogP contribution in [0.1, 0.15) is 25.8 Å². The van der Waals surface area contributed by atoms with Gasteiger partial charge in [0.1, 0.15) is 11.8 Å². The van der Waals surface area contributed by atoms with E-state index in [1.807, 2.05) is 91.6 Å². The van der Waals surface area contributed by atoms with Crippen LogP contribution in [0.3, 0.4) is 0 Å². The summed E-state index contributed by atoms with van der Waals surface area (Å²) in [6.45, 7) is 5.21. The highest BCUT2D eigenvalue weighted by Gasteiger charge is 2.74. The van der Waals surface area contributed by atoms with Crippen LogP contribution in [-0.4, -0.2) is 87.6 Å². The van der Waals surface area contributed by atoms with E-state index in [1.54, 1.807) is 28.7 Å². The molecule has 3 amide bonds. The van der Waals surface area contributed by atoms with Crippen molar-refractivity contribution in [3.8, 4) is 5.75 Å². The Kier molecular flexibility index (Phi) is 7.89. The molecule has 0 aromatic heterocycles. The molecule has 6 atom stereocenters. The summed E-state index contributed by atoms with van der Waals surface area (Å²) in [6, 6.07) is 15.5. The number of carbonyl (C=O) groups is 3. The monoisotopic (exact) mass is 601 g/mol. The third-order valence-corrected chi connectivity index (χ3v) is 11.2. The number of anilines is 1. The van der Waals surface area contributed by atoms with Crippen molar-refractivity contribution in [2.45, 2.75) is 48.3 Å². The van der Waals surface area contributed by atoms with E-state index in [0.717, 1.165) is 12.0 Å². The second kappa shape index (κ2) is 11.5. The van der Waals surface area contributed by atoms with Gasteiger partial charge in [-0.05, 0) is 49.6 Å². The van der Waals surface area contributed by atoms with Crippen LogP contribution in [0, 0.1) is 11.8 Å². The Balaban J connectivity index is 1.48. The van der Waals surface area contributed by atoms with Crippen LogP contribution in [0.2, 0.25) is 0 Å². The Labute approximate surface area is 257 Å². The van der Waals surface area contributed by atoms with Gasteiger partial charge in [0.25, 0.3) is 5.91 Å². The van der Waals surface area contributed by atoms with Crippen molar-refractivity contribution in [1.29, 1.82) is 0 Å². The summed E-state index contributed by atoms with van der Waals surface area (Å²) in [4.78, 5) is 49.1. The maximum atomic E-state index is 14.8. The largest absolute Gasteiger partial charge is 0.497 e. The number of fused-ring (bicyclic) bond motifs is 2. The molecule has 4 heterocycles. The minimum absolute atomic E-state index is 0.0432. The molecule has 2 aromatic rings. The fourth-order valence-corrected chi connectivity index (χ4v) is 9.65. The van der Waals surface area contributed by atoms with Crippen LogP contribution in [0.4, 0.5) is 5.69 Å².